The highest BCUT2D eigenvalue weighted by Crippen LogP contribution is 2.41. The van der Waals surface area contributed by atoms with Gasteiger partial charge in [-0.1, -0.05) is 158 Å². The highest BCUT2D eigenvalue weighted by atomic mass is 15.0. The molecule has 62 heavy (non-hydrogen) atoms. The smallest absolute Gasteiger partial charge is 0.164 e. The van der Waals surface area contributed by atoms with E-state index in [0.717, 1.165) is 57.4 Å². The van der Waals surface area contributed by atoms with E-state index in [1.807, 2.05) is 60.7 Å². The lowest BCUT2D eigenvalue weighted by molar-refractivity contribution is 1.02. The number of benzene rings is 8. The number of fused-ring (bicyclic) bond motifs is 6. The summed E-state index contributed by atoms with van der Waals surface area (Å²) in [4.78, 5) is 15.0. The van der Waals surface area contributed by atoms with Crippen LogP contribution in [0.3, 0.4) is 0 Å². The Kier molecular flexibility index (Phi) is 8.56. The molecule has 12 rings (SSSR count). The predicted molar refractivity (Wildman–Crippen MR) is 257 cm³/mol. The number of nitrogens with zero attached hydrogens (tertiary/aromatic N) is 5. The Balaban J connectivity index is 0.947. The third kappa shape index (κ3) is 6.05. The predicted octanol–water partition coefficient (Wildman–Crippen LogP) is 14.6. The Labute approximate surface area is 359 Å². The second-order valence-electron chi connectivity index (χ2n) is 15.9. The van der Waals surface area contributed by atoms with Gasteiger partial charge in [0.25, 0.3) is 0 Å². The number of rotatable bonds is 7. The van der Waals surface area contributed by atoms with E-state index >= 15 is 0 Å². The third-order valence-electron chi connectivity index (χ3n) is 12.2. The van der Waals surface area contributed by atoms with Crippen LogP contribution < -0.4 is 0 Å². The van der Waals surface area contributed by atoms with Gasteiger partial charge in [-0.2, -0.15) is 0 Å². The second-order valence-corrected chi connectivity index (χ2v) is 15.9. The van der Waals surface area contributed by atoms with Crippen molar-refractivity contribution in [2.24, 2.45) is 0 Å². The van der Waals surface area contributed by atoms with Gasteiger partial charge in [0.15, 0.2) is 17.5 Å². The van der Waals surface area contributed by atoms with Crippen molar-refractivity contribution in [1.82, 2.24) is 24.1 Å². The van der Waals surface area contributed by atoms with Gasteiger partial charge in [-0.15, -0.1) is 0 Å². The molecule has 0 bridgehead atoms. The average Bonchev–Trinajstić information content (AvgIpc) is 3.87. The molecule has 5 nitrogen and oxygen atoms in total. The van der Waals surface area contributed by atoms with E-state index < -0.39 is 0 Å². The first kappa shape index (κ1) is 35.8. The van der Waals surface area contributed by atoms with Gasteiger partial charge in [0.05, 0.1) is 22.1 Å². The van der Waals surface area contributed by atoms with Crippen LogP contribution in [0.25, 0.3) is 111 Å². The van der Waals surface area contributed by atoms with Gasteiger partial charge in [-0.25, -0.2) is 15.0 Å². The summed E-state index contributed by atoms with van der Waals surface area (Å²) in [6.45, 7) is 0. The monoisotopic (exact) mass is 793 g/mol. The summed E-state index contributed by atoms with van der Waals surface area (Å²) >= 11 is 0. The van der Waals surface area contributed by atoms with Crippen LogP contribution in [0.15, 0.2) is 212 Å². The molecule has 292 valence electrons. The molecule has 3 heterocycles. The number of hydrogen-bond acceptors (Lipinski definition) is 3. The van der Waals surface area contributed by atoms with Crippen molar-refractivity contribution < 1.29 is 0 Å². The molecule has 0 spiro atoms. The summed E-state index contributed by atoms with van der Waals surface area (Å²) in [6, 6.07) is 69.0. The maximum Gasteiger partial charge on any atom is 0.164 e. The molecule has 0 aliphatic heterocycles. The lowest BCUT2D eigenvalue weighted by Gasteiger charge is -2.12. The normalized spacial score (nSPS) is 12.7. The van der Waals surface area contributed by atoms with E-state index in [1.54, 1.807) is 0 Å². The van der Waals surface area contributed by atoms with Crippen molar-refractivity contribution in [3.8, 4) is 62.1 Å². The van der Waals surface area contributed by atoms with Crippen molar-refractivity contribution in [3.63, 3.8) is 0 Å². The standard InChI is InChI=1S/C57H39N5/c1-4-16-39(17-5-1)55-58-56(40-18-6-2-7-19-40)60-57(59-55)43-21-14-20-42(36-43)46-26-15-29-53-54(46)48-25-11-13-28-51(48)62(53)45-33-30-38(31-34-45)41-32-35-52-49(37-41)47-24-10-12-27-50(47)61(52)44-22-8-3-9-23-44/h1-2,4-8,10-37H,3,9H2. The Morgan fingerprint density at radius 1 is 0.355 bits per heavy atom. The molecule has 0 saturated heterocycles. The number of aromatic nitrogens is 5. The molecule has 5 heteroatoms. The van der Waals surface area contributed by atoms with Gasteiger partial charge < -0.3 is 9.13 Å². The van der Waals surface area contributed by atoms with Crippen LogP contribution in [0.4, 0.5) is 0 Å². The molecule has 8 aromatic carbocycles. The van der Waals surface area contributed by atoms with Crippen LogP contribution in [0.1, 0.15) is 12.8 Å². The minimum atomic E-state index is 0.637. The summed E-state index contributed by atoms with van der Waals surface area (Å²) in [6.07, 6.45) is 9.06. The molecule has 0 fully saturated rings. The van der Waals surface area contributed by atoms with Crippen LogP contribution in [-0.4, -0.2) is 24.1 Å². The second kappa shape index (κ2) is 14.8. The van der Waals surface area contributed by atoms with Crippen LogP contribution in [0.5, 0.6) is 0 Å². The maximum absolute atomic E-state index is 5.04. The Morgan fingerprint density at radius 3 is 1.63 bits per heavy atom. The molecular weight excluding hydrogens is 755 g/mol. The molecule has 0 saturated carbocycles. The van der Waals surface area contributed by atoms with E-state index in [0.29, 0.717) is 17.5 Å². The third-order valence-corrected chi connectivity index (χ3v) is 12.2. The molecule has 11 aromatic rings. The van der Waals surface area contributed by atoms with Crippen LogP contribution in [-0.2, 0) is 0 Å². The van der Waals surface area contributed by atoms with Crippen molar-refractivity contribution in [2.75, 3.05) is 0 Å². The van der Waals surface area contributed by atoms with Gasteiger partial charge >= 0.3 is 0 Å². The molecule has 0 unspecified atom stereocenters. The number of allylic oxidation sites excluding steroid dienone is 4. The van der Waals surface area contributed by atoms with Crippen LogP contribution in [0, 0.1) is 0 Å². The first-order valence-electron chi connectivity index (χ1n) is 21.3. The fourth-order valence-electron chi connectivity index (χ4n) is 9.30. The number of hydrogen-bond donors (Lipinski definition) is 0. The molecule has 1 aliphatic carbocycles. The molecule has 1 aliphatic rings. The minimum absolute atomic E-state index is 0.637. The van der Waals surface area contributed by atoms with E-state index in [1.165, 1.54) is 49.4 Å². The quantitative estimate of drug-likeness (QED) is 0.161. The highest BCUT2D eigenvalue weighted by Gasteiger charge is 2.19. The number of para-hydroxylation sites is 2. The summed E-state index contributed by atoms with van der Waals surface area (Å²) in [5.74, 6) is 1.93. The van der Waals surface area contributed by atoms with E-state index in [9.17, 15) is 0 Å². The van der Waals surface area contributed by atoms with Crippen LogP contribution in [0.2, 0.25) is 0 Å². The Morgan fingerprint density at radius 2 is 0.919 bits per heavy atom. The fourth-order valence-corrected chi connectivity index (χ4v) is 9.30. The molecular formula is C57H39N5. The largest absolute Gasteiger partial charge is 0.310 e. The summed E-state index contributed by atoms with van der Waals surface area (Å²) < 4.78 is 4.81. The lowest BCUT2D eigenvalue weighted by atomic mass is 9.97. The molecule has 0 radical (unpaired) electrons. The maximum atomic E-state index is 5.04. The van der Waals surface area contributed by atoms with Crippen molar-refractivity contribution >= 4 is 49.3 Å². The average molecular weight is 794 g/mol. The zero-order valence-electron chi connectivity index (χ0n) is 33.9. The topological polar surface area (TPSA) is 48.5 Å². The molecule has 0 N–H and O–H groups in total. The first-order valence-corrected chi connectivity index (χ1v) is 21.3. The van der Waals surface area contributed by atoms with Gasteiger partial charge in [0, 0.05) is 49.6 Å². The SMILES string of the molecule is C1=CC(n2c3ccccc3c3cc(-c4ccc(-n5c6ccccc6c6c(-c7cccc(-c8nc(-c9ccccc9)nc(-c9ccccc9)n8)c7)cccc65)cc4)ccc32)=CCC1. The van der Waals surface area contributed by atoms with Crippen molar-refractivity contribution in [1.29, 1.82) is 0 Å². The first-order chi connectivity index (χ1) is 30.7. The molecule has 3 aromatic heterocycles. The summed E-state index contributed by atoms with van der Waals surface area (Å²) in [5, 5.41) is 4.95. The fraction of sp³-hybridized carbons (Fsp3) is 0.0351. The molecule has 0 amide bonds. The lowest BCUT2D eigenvalue weighted by Crippen LogP contribution is -2.00. The van der Waals surface area contributed by atoms with E-state index in [-0.39, 0.29) is 0 Å². The highest BCUT2D eigenvalue weighted by molar-refractivity contribution is 6.16. The van der Waals surface area contributed by atoms with Crippen LogP contribution >= 0.6 is 0 Å². The zero-order valence-corrected chi connectivity index (χ0v) is 33.9. The van der Waals surface area contributed by atoms with Crippen molar-refractivity contribution in [3.05, 3.63) is 212 Å². The Bertz CT molecular complexity index is 3500. The summed E-state index contributed by atoms with van der Waals surface area (Å²) in [7, 11) is 0. The Hall–Kier alpha value is -8.15. The van der Waals surface area contributed by atoms with Gasteiger partial charge in [0.2, 0.25) is 0 Å². The molecule has 0 atom stereocenters. The van der Waals surface area contributed by atoms with Gasteiger partial charge in [0.1, 0.15) is 0 Å². The minimum Gasteiger partial charge on any atom is -0.310 e. The van der Waals surface area contributed by atoms with E-state index in [4.69, 9.17) is 15.0 Å². The van der Waals surface area contributed by atoms with Gasteiger partial charge in [-0.05, 0) is 89.7 Å². The zero-order chi connectivity index (χ0) is 41.0. The van der Waals surface area contributed by atoms with E-state index in [2.05, 4.69) is 161 Å². The van der Waals surface area contributed by atoms with Crippen molar-refractivity contribution in [2.45, 2.75) is 12.8 Å². The summed E-state index contributed by atoms with van der Waals surface area (Å²) in [5.41, 5.74) is 14.6. The van der Waals surface area contributed by atoms with Gasteiger partial charge in [-0.3, -0.25) is 0 Å².